The number of ether oxygens (including phenoxy) is 2. The molecule has 2 atom stereocenters. The van der Waals surface area contributed by atoms with Gasteiger partial charge >= 0.3 is 6.03 Å². The molecule has 0 saturated carbocycles. The summed E-state index contributed by atoms with van der Waals surface area (Å²) in [5.74, 6) is 1.12. The predicted molar refractivity (Wildman–Crippen MR) is 129 cm³/mol. The third kappa shape index (κ3) is 3.94. The molecule has 2 N–H and O–H groups in total. The fourth-order valence-corrected chi connectivity index (χ4v) is 4.74. The van der Waals surface area contributed by atoms with E-state index in [0.29, 0.717) is 35.7 Å². The molecule has 1 fully saturated rings. The second-order valence-corrected chi connectivity index (χ2v) is 8.74. The van der Waals surface area contributed by atoms with Gasteiger partial charge in [0.1, 0.15) is 0 Å². The van der Waals surface area contributed by atoms with E-state index < -0.39 is 5.72 Å². The van der Waals surface area contributed by atoms with E-state index in [4.69, 9.17) is 9.47 Å². The van der Waals surface area contributed by atoms with Crippen LogP contribution in [-0.4, -0.2) is 31.3 Å². The van der Waals surface area contributed by atoms with E-state index in [0.717, 1.165) is 12.0 Å². The van der Waals surface area contributed by atoms with Gasteiger partial charge in [0.25, 0.3) is 5.91 Å². The number of carbonyl (C=O) groups excluding carboxylic acids is 2. The molecule has 0 spiro atoms. The van der Waals surface area contributed by atoms with Crippen LogP contribution in [0.1, 0.15) is 40.9 Å². The fraction of sp³-hybridized carbons (Fsp3) is 0.259. The van der Waals surface area contributed by atoms with Gasteiger partial charge in [0, 0.05) is 29.8 Å². The average Bonchev–Trinajstić information content (AvgIpc) is 2.84. The Labute approximate surface area is 198 Å². The van der Waals surface area contributed by atoms with Crippen LogP contribution in [0.3, 0.4) is 0 Å². The number of nitrogens with one attached hydrogen (secondary N) is 2. The first-order valence-electron chi connectivity index (χ1n) is 11.4. The third-order valence-corrected chi connectivity index (χ3v) is 6.41. The summed E-state index contributed by atoms with van der Waals surface area (Å²) >= 11 is 0. The molecule has 2 bridgehead atoms. The lowest BCUT2D eigenvalue weighted by atomic mass is 9.90. The number of anilines is 1. The van der Waals surface area contributed by atoms with Crippen LogP contribution >= 0.6 is 0 Å². The van der Waals surface area contributed by atoms with Crippen LogP contribution in [0.25, 0.3) is 0 Å². The zero-order valence-electron chi connectivity index (χ0n) is 19.2. The summed E-state index contributed by atoms with van der Waals surface area (Å²) in [6.45, 7) is 2.45. The number of methoxy groups -OCH3 is 1. The van der Waals surface area contributed by atoms with Crippen molar-refractivity contribution in [3.63, 3.8) is 0 Å². The Balaban J connectivity index is 1.32. The van der Waals surface area contributed by atoms with Crippen molar-refractivity contribution in [2.75, 3.05) is 18.6 Å². The molecule has 174 valence electrons. The van der Waals surface area contributed by atoms with Gasteiger partial charge in [0.15, 0.2) is 17.2 Å². The number of rotatable bonds is 6. The molecular formula is C27H27N3O4. The molecule has 34 heavy (non-hydrogen) atoms. The lowest BCUT2D eigenvalue weighted by molar-refractivity contribution is 0.0349. The van der Waals surface area contributed by atoms with E-state index in [2.05, 4.69) is 10.6 Å². The van der Waals surface area contributed by atoms with Gasteiger partial charge in [-0.25, -0.2) is 4.79 Å². The van der Waals surface area contributed by atoms with Crippen LogP contribution < -0.4 is 25.0 Å². The zero-order chi connectivity index (χ0) is 23.7. The minimum Gasteiger partial charge on any atom is -0.493 e. The topological polar surface area (TPSA) is 79.9 Å². The third-order valence-electron chi connectivity index (χ3n) is 6.41. The summed E-state index contributed by atoms with van der Waals surface area (Å²) in [6, 6.07) is 22.3. The van der Waals surface area contributed by atoms with Crippen LogP contribution in [0.4, 0.5) is 10.5 Å². The molecule has 7 heteroatoms. The molecule has 2 aliphatic rings. The minimum absolute atomic E-state index is 0.149. The quantitative estimate of drug-likeness (QED) is 0.574. The minimum atomic E-state index is -0.895. The van der Waals surface area contributed by atoms with Gasteiger partial charge in [-0.3, -0.25) is 9.69 Å². The highest BCUT2D eigenvalue weighted by Crippen LogP contribution is 2.48. The maximum absolute atomic E-state index is 13.1. The fourth-order valence-electron chi connectivity index (χ4n) is 4.74. The zero-order valence-corrected chi connectivity index (χ0v) is 19.2. The SMILES string of the molecule is COc1cccc2c1O[C@@]1(C)C[C@H]2NC(=O)N1c1ccc(C(=O)NCCc2ccccc2)cc1. The van der Waals surface area contributed by atoms with E-state index in [1.807, 2.05) is 55.5 Å². The molecule has 0 aliphatic carbocycles. The highest BCUT2D eigenvalue weighted by atomic mass is 16.5. The summed E-state index contributed by atoms with van der Waals surface area (Å²) in [7, 11) is 1.60. The number of nitrogens with zero attached hydrogens (tertiary/aromatic N) is 1. The number of hydrogen-bond donors (Lipinski definition) is 2. The van der Waals surface area contributed by atoms with E-state index in [1.54, 1.807) is 36.3 Å². The van der Waals surface area contributed by atoms with E-state index in [-0.39, 0.29) is 18.0 Å². The van der Waals surface area contributed by atoms with Crippen LogP contribution in [0.2, 0.25) is 0 Å². The standard InChI is InChI=1S/C27H27N3O4/c1-27-17-22(21-9-6-10-23(33-2)24(21)34-27)29-26(32)30(27)20-13-11-19(12-14-20)25(31)28-16-15-18-7-4-3-5-8-18/h3-14,22H,15-17H2,1-2H3,(H,28,31)(H,29,32)/t22-,27+/m1/s1. The van der Waals surface area contributed by atoms with Gasteiger partial charge in [0.05, 0.1) is 13.2 Å². The van der Waals surface area contributed by atoms with Gasteiger partial charge in [-0.1, -0.05) is 42.5 Å². The van der Waals surface area contributed by atoms with Crippen molar-refractivity contribution in [2.24, 2.45) is 0 Å². The average molecular weight is 458 g/mol. The first kappa shape index (κ1) is 21.8. The van der Waals surface area contributed by atoms with E-state index >= 15 is 0 Å². The first-order chi connectivity index (χ1) is 16.5. The highest BCUT2D eigenvalue weighted by molar-refractivity contribution is 5.97. The van der Waals surface area contributed by atoms with Crippen LogP contribution in [0.5, 0.6) is 11.5 Å². The Morgan fingerprint density at radius 3 is 2.62 bits per heavy atom. The van der Waals surface area contributed by atoms with Gasteiger partial charge in [-0.15, -0.1) is 0 Å². The second-order valence-electron chi connectivity index (χ2n) is 8.74. The van der Waals surface area contributed by atoms with E-state index in [1.165, 1.54) is 5.56 Å². The maximum Gasteiger partial charge on any atom is 0.325 e. The number of amides is 3. The van der Waals surface area contributed by atoms with Gasteiger partial charge in [0.2, 0.25) is 0 Å². The van der Waals surface area contributed by atoms with Gasteiger partial charge in [-0.05, 0) is 49.2 Å². The molecule has 2 heterocycles. The summed E-state index contributed by atoms with van der Waals surface area (Å²) in [6.07, 6.45) is 1.35. The number of hydrogen-bond acceptors (Lipinski definition) is 4. The number of para-hydroxylation sites is 1. The Hall–Kier alpha value is -4.00. The van der Waals surface area contributed by atoms with Crippen molar-refractivity contribution in [2.45, 2.75) is 31.5 Å². The normalized spacial score (nSPS) is 20.6. The van der Waals surface area contributed by atoms with Gasteiger partial charge in [-0.2, -0.15) is 0 Å². The Bertz CT molecular complexity index is 1210. The molecular weight excluding hydrogens is 430 g/mol. The van der Waals surface area contributed by atoms with Crippen molar-refractivity contribution in [3.05, 3.63) is 89.5 Å². The largest absolute Gasteiger partial charge is 0.493 e. The molecule has 7 nitrogen and oxygen atoms in total. The lowest BCUT2D eigenvalue weighted by Gasteiger charge is -2.50. The molecule has 3 aromatic rings. The molecule has 3 amide bonds. The van der Waals surface area contributed by atoms with Crippen LogP contribution in [0, 0.1) is 0 Å². The molecule has 5 rings (SSSR count). The number of benzene rings is 3. The number of fused-ring (bicyclic) bond motifs is 4. The van der Waals surface area contributed by atoms with Crippen molar-refractivity contribution in [1.29, 1.82) is 0 Å². The predicted octanol–water partition coefficient (Wildman–Crippen LogP) is 4.44. The molecule has 0 radical (unpaired) electrons. The molecule has 0 aromatic heterocycles. The smallest absolute Gasteiger partial charge is 0.325 e. The van der Waals surface area contributed by atoms with Crippen molar-refractivity contribution < 1.29 is 19.1 Å². The first-order valence-corrected chi connectivity index (χ1v) is 11.4. The van der Waals surface area contributed by atoms with Crippen LogP contribution in [0.15, 0.2) is 72.8 Å². The van der Waals surface area contributed by atoms with Crippen molar-refractivity contribution in [1.82, 2.24) is 10.6 Å². The summed E-state index contributed by atoms with van der Waals surface area (Å²) < 4.78 is 11.9. The Kier molecular flexibility index (Phi) is 5.61. The highest BCUT2D eigenvalue weighted by Gasteiger charge is 2.50. The number of urea groups is 1. The summed E-state index contributed by atoms with van der Waals surface area (Å²) in [5.41, 5.74) is 2.37. The molecule has 3 aromatic carbocycles. The van der Waals surface area contributed by atoms with Crippen molar-refractivity contribution >= 4 is 17.6 Å². The Morgan fingerprint density at radius 2 is 1.88 bits per heavy atom. The summed E-state index contributed by atoms with van der Waals surface area (Å²) in [5, 5.41) is 6.03. The molecule has 1 saturated heterocycles. The summed E-state index contributed by atoms with van der Waals surface area (Å²) in [4.78, 5) is 27.3. The second kappa shape index (κ2) is 8.74. The monoisotopic (exact) mass is 457 g/mol. The molecule has 2 aliphatic heterocycles. The number of carbonyl (C=O) groups is 2. The lowest BCUT2D eigenvalue weighted by Crippen LogP contribution is -2.65. The maximum atomic E-state index is 13.1. The van der Waals surface area contributed by atoms with E-state index in [9.17, 15) is 9.59 Å². The van der Waals surface area contributed by atoms with Gasteiger partial charge < -0.3 is 20.1 Å². The van der Waals surface area contributed by atoms with Crippen LogP contribution in [-0.2, 0) is 6.42 Å². The molecule has 0 unspecified atom stereocenters. The Morgan fingerprint density at radius 1 is 1.12 bits per heavy atom. The van der Waals surface area contributed by atoms with Crippen molar-refractivity contribution in [3.8, 4) is 11.5 Å².